The molecule has 1 aliphatic rings. The first kappa shape index (κ1) is 58.3. The lowest BCUT2D eigenvalue weighted by Gasteiger charge is -2.43. The van der Waals surface area contributed by atoms with E-state index in [2.05, 4.69) is 39.9 Å². The molecule has 3 N–H and O–H groups in total. The number of carbonyl (C=O) groups excluding carboxylic acids is 1. The van der Waals surface area contributed by atoms with Crippen LogP contribution in [0.2, 0.25) is 0 Å². The van der Waals surface area contributed by atoms with Gasteiger partial charge in [-0.3, -0.25) is 4.79 Å². The molecular formula is C54H107NO6. The van der Waals surface area contributed by atoms with Gasteiger partial charge in [-0.15, -0.1) is 0 Å². The minimum absolute atomic E-state index is 0.0747. The van der Waals surface area contributed by atoms with Crippen LogP contribution in [0, 0.1) is 17.8 Å². The number of hydrogen-bond donors (Lipinski definition) is 3. The molecule has 1 rings (SSSR count). The molecular weight excluding hydrogens is 759 g/mol. The average molecular weight is 866 g/mol. The van der Waals surface area contributed by atoms with Gasteiger partial charge in [0.2, 0.25) is 5.91 Å². The SMILES string of the molecule is CCCCCCCCCCCCCCCCCCCCCCCCCC(=O)N[C@@H](CO[C@H]1OC(COC)[C@H](C)[C@H](C)C1C)[C@H](O)[C@H](O)CCCCCCCCCCCCCC. The number of methoxy groups -OCH3 is 1. The molecule has 7 nitrogen and oxygen atoms in total. The molecule has 1 saturated heterocycles. The molecule has 0 aliphatic carbocycles. The van der Waals surface area contributed by atoms with E-state index in [-0.39, 0.29) is 24.5 Å². The van der Waals surface area contributed by atoms with Crippen molar-refractivity contribution in [2.75, 3.05) is 20.3 Å². The number of nitrogens with one attached hydrogen (secondary N) is 1. The maximum absolute atomic E-state index is 13.2. The van der Waals surface area contributed by atoms with E-state index in [1.807, 2.05) is 0 Å². The number of unbranched alkanes of at least 4 members (excludes halogenated alkanes) is 33. The van der Waals surface area contributed by atoms with Crippen LogP contribution in [0.3, 0.4) is 0 Å². The van der Waals surface area contributed by atoms with Crippen molar-refractivity contribution in [2.45, 2.75) is 303 Å². The molecule has 1 amide bonds. The van der Waals surface area contributed by atoms with Crippen LogP contribution >= 0.6 is 0 Å². The van der Waals surface area contributed by atoms with E-state index in [1.54, 1.807) is 7.11 Å². The Morgan fingerprint density at radius 3 is 1.26 bits per heavy atom. The maximum atomic E-state index is 13.2. The summed E-state index contributed by atoms with van der Waals surface area (Å²) in [4.78, 5) is 13.2. The summed E-state index contributed by atoms with van der Waals surface area (Å²) in [6, 6.07) is -0.698. The van der Waals surface area contributed by atoms with Crippen LogP contribution in [0.25, 0.3) is 0 Å². The van der Waals surface area contributed by atoms with E-state index in [0.29, 0.717) is 31.3 Å². The molecule has 2 unspecified atom stereocenters. The second-order valence-corrected chi connectivity index (χ2v) is 19.8. The molecule has 1 fully saturated rings. The van der Waals surface area contributed by atoms with Gasteiger partial charge in [-0.2, -0.15) is 0 Å². The first-order valence-electron chi connectivity index (χ1n) is 27.2. The topological polar surface area (TPSA) is 97.3 Å². The zero-order valence-electron chi connectivity index (χ0n) is 41.7. The molecule has 1 heterocycles. The summed E-state index contributed by atoms with van der Waals surface area (Å²) < 4.78 is 18.1. The molecule has 0 aromatic rings. The van der Waals surface area contributed by atoms with Gasteiger partial charge in [0.1, 0.15) is 6.10 Å². The highest BCUT2D eigenvalue weighted by Gasteiger charge is 2.40. The van der Waals surface area contributed by atoms with Crippen molar-refractivity contribution < 1.29 is 29.2 Å². The van der Waals surface area contributed by atoms with Crippen LogP contribution in [0.4, 0.5) is 0 Å². The van der Waals surface area contributed by atoms with E-state index < -0.39 is 24.5 Å². The third-order valence-corrected chi connectivity index (χ3v) is 14.3. The Bertz CT molecular complexity index is 935. The highest BCUT2D eigenvalue weighted by atomic mass is 16.7. The molecule has 7 heteroatoms. The minimum atomic E-state index is -1.10. The summed E-state index contributed by atoms with van der Waals surface area (Å²) in [7, 11) is 1.69. The predicted molar refractivity (Wildman–Crippen MR) is 260 cm³/mol. The van der Waals surface area contributed by atoms with Gasteiger partial charge >= 0.3 is 0 Å². The first-order chi connectivity index (χ1) is 29.8. The Morgan fingerprint density at radius 2 is 0.885 bits per heavy atom. The van der Waals surface area contributed by atoms with E-state index in [4.69, 9.17) is 14.2 Å². The number of aliphatic hydroxyl groups excluding tert-OH is 2. The zero-order chi connectivity index (χ0) is 44.6. The lowest BCUT2D eigenvalue weighted by Crippen LogP contribution is -2.53. The highest BCUT2D eigenvalue weighted by molar-refractivity contribution is 5.76. The van der Waals surface area contributed by atoms with Gasteiger partial charge in [0.05, 0.1) is 31.5 Å². The number of carbonyl (C=O) groups is 1. The normalized spacial score (nSPS) is 20.8. The molecule has 0 saturated carbocycles. The Morgan fingerprint density at radius 1 is 0.525 bits per heavy atom. The van der Waals surface area contributed by atoms with Crippen molar-refractivity contribution in [1.82, 2.24) is 5.32 Å². The second-order valence-electron chi connectivity index (χ2n) is 19.8. The number of amides is 1. The van der Waals surface area contributed by atoms with Crippen molar-refractivity contribution >= 4 is 5.91 Å². The molecule has 1 aliphatic heterocycles. The lowest BCUT2D eigenvalue weighted by molar-refractivity contribution is -0.259. The molecule has 364 valence electrons. The summed E-state index contributed by atoms with van der Waals surface area (Å²) in [6.45, 7) is 11.7. The van der Waals surface area contributed by atoms with Gasteiger partial charge in [0, 0.05) is 19.4 Å². The number of ether oxygens (including phenoxy) is 3. The van der Waals surface area contributed by atoms with Crippen molar-refractivity contribution in [2.24, 2.45) is 17.8 Å². The molecule has 0 radical (unpaired) electrons. The van der Waals surface area contributed by atoms with Crippen LogP contribution in [0.1, 0.15) is 272 Å². The Kier molecular flexibility index (Phi) is 40.1. The van der Waals surface area contributed by atoms with Gasteiger partial charge in [0.15, 0.2) is 6.29 Å². The van der Waals surface area contributed by atoms with Crippen LogP contribution in [0.15, 0.2) is 0 Å². The van der Waals surface area contributed by atoms with E-state index in [9.17, 15) is 15.0 Å². The van der Waals surface area contributed by atoms with Crippen LogP contribution in [-0.2, 0) is 19.0 Å². The fourth-order valence-corrected chi connectivity index (χ4v) is 9.44. The van der Waals surface area contributed by atoms with Crippen molar-refractivity contribution in [1.29, 1.82) is 0 Å². The van der Waals surface area contributed by atoms with E-state index >= 15 is 0 Å². The molecule has 0 aromatic heterocycles. The van der Waals surface area contributed by atoms with Crippen molar-refractivity contribution in [3.05, 3.63) is 0 Å². The minimum Gasteiger partial charge on any atom is -0.390 e. The Hall–Kier alpha value is -0.730. The standard InChI is InChI=1S/C54H107NO6/c1-7-9-11-13-15-17-19-21-22-23-24-25-26-27-28-29-30-31-33-35-37-39-41-43-52(57)55-49(44-60-54-48(5)46(3)47(4)51(61-54)45-59-6)53(58)50(56)42-40-38-36-34-32-20-18-16-14-12-10-8-2/h46-51,53-54,56,58H,7-45H2,1-6H3,(H,55,57)/t46-,47+,48?,49-,50+,51?,53-,54-/m0/s1. The van der Waals surface area contributed by atoms with E-state index in [1.165, 1.54) is 186 Å². The van der Waals surface area contributed by atoms with Crippen molar-refractivity contribution in [3.63, 3.8) is 0 Å². The van der Waals surface area contributed by atoms with Crippen LogP contribution < -0.4 is 5.32 Å². The molecule has 8 atom stereocenters. The zero-order valence-corrected chi connectivity index (χ0v) is 41.7. The Labute approximate surface area is 380 Å². The fourth-order valence-electron chi connectivity index (χ4n) is 9.44. The quantitative estimate of drug-likeness (QED) is 0.0528. The first-order valence-corrected chi connectivity index (χ1v) is 27.2. The van der Waals surface area contributed by atoms with Gasteiger partial charge in [0.25, 0.3) is 0 Å². The third kappa shape index (κ3) is 31.7. The lowest BCUT2D eigenvalue weighted by atomic mass is 9.79. The number of aliphatic hydroxyl groups is 2. The summed E-state index contributed by atoms with van der Waals surface area (Å²) in [6.07, 6.45) is 44.5. The average Bonchev–Trinajstić information content (AvgIpc) is 3.25. The van der Waals surface area contributed by atoms with E-state index in [0.717, 1.165) is 38.5 Å². The van der Waals surface area contributed by atoms with Gasteiger partial charge in [-0.1, -0.05) is 253 Å². The summed E-state index contributed by atoms with van der Waals surface area (Å²) in [5, 5.41) is 25.5. The van der Waals surface area contributed by atoms with Crippen LogP contribution in [-0.4, -0.2) is 67.1 Å². The molecule has 0 spiro atoms. The monoisotopic (exact) mass is 866 g/mol. The molecule has 0 bridgehead atoms. The fraction of sp³-hybridized carbons (Fsp3) is 0.981. The number of hydrogen-bond acceptors (Lipinski definition) is 6. The number of rotatable bonds is 45. The summed E-state index contributed by atoms with van der Waals surface area (Å²) in [5.41, 5.74) is 0. The molecule has 0 aromatic carbocycles. The highest BCUT2D eigenvalue weighted by Crippen LogP contribution is 2.35. The maximum Gasteiger partial charge on any atom is 0.220 e. The Balaban J connectivity index is 2.30. The second kappa shape index (κ2) is 41.9. The smallest absolute Gasteiger partial charge is 0.220 e. The predicted octanol–water partition coefficient (Wildman–Crippen LogP) is 15.0. The van der Waals surface area contributed by atoms with Gasteiger partial charge < -0.3 is 29.7 Å². The largest absolute Gasteiger partial charge is 0.390 e. The van der Waals surface area contributed by atoms with Gasteiger partial charge in [-0.05, 0) is 24.7 Å². The summed E-state index contributed by atoms with van der Waals surface area (Å²) in [5.74, 6) is 0.769. The van der Waals surface area contributed by atoms with Crippen molar-refractivity contribution in [3.8, 4) is 0 Å². The van der Waals surface area contributed by atoms with Crippen LogP contribution in [0.5, 0.6) is 0 Å². The third-order valence-electron chi connectivity index (χ3n) is 14.3. The molecule has 61 heavy (non-hydrogen) atoms. The summed E-state index contributed by atoms with van der Waals surface area (Å²) >= 11 is 0. The van der Waals surface area contributed by atoms with Gasteiger partial charge in [-0.25, -0.2) is 0 Å².